The maximum Gasteiger partial charge on any atom is 0.191 e. The van der Waals surface area contributed by atoms with Crippen molar-refractivity contribution in [3.8, 4) is 0 Å². The molecule has 1 aromatic carbocycles. The summed E-state index contributed by atoms with van der Waals surface area (Å²) in [6.07, 6.45) is 0.808. The van der Waals surface area contributed by atoms with Gasteiger partial charge >= 0.3 is 0 Å². The highest BCUT2D eigenvalue weighted by molar-refractivity contribution is 5.82. The van der Waals surface area contributed by atoms with Crippen LogP contribution in [0.15, 0.2) is 54.4 Å². The van der Waals surface area contributed by atoms with E-state index in [1.165, 1.54) is 0 Å². The molecule has 0 saturated heterocycles. The summed E-state index contributed by atoms with van der Waals surface area (Å²) in [4.78, 5) is 6.24. The zero-order chi connectivity index (χ0) is 16.2. The van der Waals surface area contributed by atoms with Crippen molar-refractivity contribution in [2.75, 3.05) is 25.2 Å². The first-order valence-electron chi connectivity index (χ1n) is 7.54. The predicted octanol–water partition coefficient (Wildman–Crippen LogP) is 2.95. The number of ether oxygens (including phenoxy) is 2. The minimum Gasteiger partial charge on any atom is -0.490 e. The van der Waals surface area contributed by atoms with Gasteiger partial charge in [0.1, 0.15) is 18.2 Å². The molecule has 2 heterocycles. The Labute approximate surface area is 135 Å². The number of aliphatic hydroxyl groups excluding tert-OH is 1. The summed E-state index contributed by atoms with van der Waals surface area (Å²) in [7, 11) is 1.62. The zero-order valence-electron chi connectivity index (χ0n) is 13.3. The van der Waals surface area contributed by atoms with Gasteiger partial charge in [0.25, 0.3) is 0 Å². The monoisotopic (exact) mass is 312 g/mol. The molecule has 1 aliphatic heterocycles. The van der Waals surface area contributed by atoms with Gasteiger partial charge in [-0.2, -0.15) is 0 Å². The van der Waals surface area contributed by atoms with Crippen molar-refractivity contribution in [1.82, 2.24) is 4.98 Å². The van der Waals surface area contributed by atoms with Crippen molar-refractivity contribution in [2.45, 2.75) is 13.2 Å². The van der Waals surface area contributed by atoms with E-state index in [1.807, 2.05) is 49.4 Å². The van der Waals surface area contributed by atoms with Gasteiger partial charge in [-0.25, -0.2) is 4.98 Å². The maximum atomic E-state index is 10.9. The molecule has 0 fully saturated rings. The van der Waals surface area contributed by atoms with Crippen LogP contribution in [-0.4, -0.2) is 36.6 Å². The van der Waals surface area contributed by atoms with Gasteiger partial charge in [0.05, 0.1) is 6.61 Å². The minimum atomic E-state index is -0.920. The molecule has 5 nitrogen and oxygen atoms in total. The van der Waals surface area contributed by atoms with Crippen molar-refractivity contribution in [2.24, 2.45) is 0 Å². The van der Waals surface area contributed by atoms with Crippen LogP contribution in [0.4, 0.5) is 11.5 Å². The molecular weight excluding hydrogens is 292 g/mol. The number of pyridine rings is 1. The molecule has 0 amide bonds. The normalized spacial score (nSPS) is 17.2. The van der Waals surface area contributed by atoms with E-state index in [2.05, 4.69) is 4.98 Å². The summed E-state index contributed by atoms with van der Waals surface area (Å²) < 4.78 is 10.8. The Morgan fingerprint density at radius 3 is 2.65 bits per heavy atom. The Balaban J connectivity index is 2.05. The lowest BCUT2D eigenvalue weighted by atomic mass is 10.0. The van der Waals surface area contributed by atoms with E-state index in [0.29, 0.717) is 19.0 Å². The molecule has 1 atom stereocenters. The van der Waals surface area contributed by atoms with E-state index in [9.17, 15) is 5.11 Å². The average Bonchev–Trinajstić information content (AvgIpc) is 2.59. The molecule has 2 aromatic rings. The zero-order valence-corrected chi connectivity index (χ0v) is 13.3. The summed E-state index contributed by atoms with van der Waals surface area (Å²) in [5, 5.41) is 10.9. The molecule has 0 aliphatic carbocycles. The summed E-state index contributed by atoms with van der Waals surface area (Å²) in [5.74, 6) is 1.26. The average molecular weight is 312 g/mol. The van der Waals surface area contributed by atoms with Crippen LogP contribution in [0.2, 0.25) is 0 Å². The quantitative estimate of drug-likeness (QED) is 0.860. The largest absolute Gasteiger partial charge is 0.490 e. The van der Waals surface area contributed by atoms with Crippen molar-refractivity contribution in [3.05, 3.63) is 60.0 Å². The third-order valence-corrected chi connectivity index (χ3v) is 3.85. The standard InChI is InChI=1S/C18H20N2O3/c1-13-15-9-6-10-19-17(15)20(14-7-4-3-5-8-14)18(21)16(13)23-12-11-22-2/h3-10,18,21H,11-12H2,1-2H3. The second kappa shape index (κ2) is 6.81. The van der Waals surface area contributed by atoms with Crippen LogP contribution in [0.1, 0.15) is 12.5 Å². The van der Waals surface area contributed by atoms with Crippen LogP contribution in [-0.2, 0) is 9.47 Å². The van der Waals surface area contributed by atoms with Crippen LogP contribution in [0, 0.1) is 0 Å². The lowest BCUT2D eigenvalue weighted by Gasteiger charge is -2.36. The van der Waals surface area contributed by atoms with Crippen LogP contribution in [0.5, 0.6) is 0 Å². The molecule has 3 rings (SSSR count). The molecule has 1 aromatic heterocycles. The highest BCUT2D eigenvalue weighted by Gasteiger charge is 2.33. The van der Waals surface area contributed by atoms with Crippen LogP contribution in [0.25, 0.3) is 5.57 Å². The number of benzene rings is 1. The minimum absolute atomic E-state index is 0.387. The van der Waals surface area contributed by atoms with Gasteiger partial charge in [-0.3, -0.25) is 4.90 Å². The number of anilines is 2. The Bertz CT molecular complexity index is 700. The molecule has 1 aliphatic rings. The Morgan fingerprint density at radius 2 is 1.91 bits per heavy atom. The predicted molar refractivity (Wildman–Crippen MR) is 89.2 cm³/mol. The number of methoxy groups -OCH3 is 1. The fourth-order valence-corrected chi connectivity index (χ4v) is 2.71. The Hall–Kier alpha value is -2.37. The first-order chi connectivity index (χ1) is 11.2. The number of rotatable bonds is 5. The molecule has 1 N–H and O–H groups in total. The van der Waals surface area contributed by atoms with Crippen molar-refractivity contribution in [1.29, 1.82) is 0 Å². The topological polar surface area (TPSA) is 54.8 Å². The van der Waals surface area contributed by atoms with E-state index in [0.717, 1.165) is 22.6 Å². The third-order valence-electron chi connectivity index (χ3n) is 3.85. The van der Waals surface area contributed by atoms with E-state index in [1.54, 1.807) is 18.2 Å². The Kier molecular flexibility index (Phi) is 4.60. The highest BCUT2D eigenvalue weighted by atomic mass is 16.5. The second-order valence-corrected chi connectivity index (χ2v) is 5.28. The molecule has 23 heavy (non-hydrogen) atoms. The van der Waals surface area contributed by atoms with E-state index in [4.69, 9.17) is 9.47 Å². The van der Waals surface area contributed by atoms with Crippen LogP contribution < -0.4 is 4.90 Å². The van der Waals surface area contributed by atoms with Crippen molar-refractivity contribution >= 4 is 17.1 Å². The summed E-state index contributed by atoms with van der Waals surface area (Å²) in [6, 6.07) is 13.6. The van der Waals surface area contributed by atoms with Crippen LogP contribution >= 0.6 is 0 Å². The first-order valence-corrected chi connectivity index (χ1v) is 7.54. The van der Waals surface area contributed by atoms with Gasteiger partial charge in [-0.15, -0.1) is 0 Å². The molecule has 0 radical (unpaired) electrons. The molecule has 0 saturated carbocycles. The maximum absolute atomic E-state index is 10.9. The third kappa shape index (κ3) is 2.93. The fourth-order valence-electron chi connectivity index (χ4n) is 2.71. The number of hydrogen-bond acceptors (Lipinski definition) is 5. The number of para-hydroxylation sites is 1. The summed E-state index contributed by atoms with van der Waals surface area (Å²) >= 11 is 0. The van der Waals surface area contributed by atoms with Crippen molar-refractivity contribution < 1.29 is 14.6 Å². The molecule has 0 bridgehead atoms. The number of nitrogens with zero attached hydrogens (tertiary/aromatic N) is 2. The molecule has 120 valence electrons. The molecular formula is C18H20N2O3. The number of aliphatic hydroxyl groups is 1. The van der Waals surface area contributed by atoms with Gasteiger partial charge in [0, 0.05) is 30.1 Å². The van der Waals surface area contributed by atoms with Gasteiger partial charge in [0.2, 0.25) is 0 Å². The van der Waals surface area contributed by atoms with E-state index >= 15 is 0 Å². The van der Waals surface area contributed by atoms with Gasteiger partial charge < -0.3 is 14.6 Å². The second-order valence-electron chi connectivity index (χ2n) is 5.28. The molecule has 1 unspecified atom stereocenters. The number of aromatic nitrogens is 1. The Morgan fingerprint density at radius 1 is 1.13 bits per heavy atom. The summed E-state index contributed by atoms with van der Waals surface area (Å²) in [5.41, 5.74) is 2.71. The van der Waals surface area contributed by atoms with Gasteiger partial charge in [0.15, 0.2) is 6.23 Å². The number of fused-ring (bicyclic) bond motifs is 1. The number of allylic oxidation sites excluding steroid dienone is 1. The molecule has 0 spiro atoms. The van der Waals surface area contributed by atoms with E-state index < -0.39 is 6.23 Å². The SMILES string of the molecule is COCCOC1=C(C)c2cccnc2N(c2ccccc2)C1O. The smallest absolute Gasteiger partial charge is 0.191 e. The fraction of sp³-hybridized carbons (Fsp3) is 0.278. The van der Waals surface area contributed by atoms with E-state index in [-0.39, 0.29) is 0 Å². The number of hydrogen-bond donors (Lipinski definition) is 1. The lowest BCUT2D eigenvalue weighted by Crippen LogP contribution is -2.38. The van der Waals surface area contributed by atoms with Gasteiger partial charge in [-0.1, -0.05) is 18.2 Å². The molecule has 5 heteroatoms. The van der Waals surface area contributed by atoms with Crippen molar-refractivity contribution in [3.63, 3.8) is 0 Å². The lowest BCUT2D eigenvalue weighted by molar-refractivity contribution is 0.0679. The first kappa shape index (κ1) is 15.5. The highest BCUT2D eigenvalue weighted by Crippen LogP contribution is 2.40. The van der Waals surface area contributed by atoms with Crippen LogP contribution in [0.3, 0.4) is 0 Å². The van der Waals surface area contributed by atoms with Gasteiger partial charge in [-0.05, 0) is 31.2 Å². The summed E-state index contributed by atoms with van der Waals surface area (Å²) in [6.45, 7) is 2.79.